The molecule has 7 nitrogen and oxygen atoms in total. The Labute approximate surface area is 125 Å². The molecule has 0 fully saturated rings. The lowest BCUT2D eigenvalue weighted by Crippen LogP contribution is -2.15. The van der Waals surface area contributed by atoms with Gasteiger partial charge in [-0.25, -0.2) is 18.2 Å². The highest BCUT2D eigenvalue weighted by molar-refractivity contribution is 7.93. The Bertz CT molecular complexity index is 697. The summed E-state index contributed by atoms with van der Waals surface area (Å²) in [5.74, 6) is -0.0931. The van der Waals surface area contributed by atoms with Crippen LogP contribution in [0.5, 0.6) is 6.01 Å². The number of halogens is 2. The van der Waals surface area contributed by atoms with Crippen molar-refractivity contribution in [3.8, 4) is 6.01 Å². The molecule has 1 aromatic carbocycles. The van der Waals surface area contributed by atoms with Gasteiger partial charge in [0.2, 0.25) is 5.95 Å². The second-order valence-electron chi connectivity index (χ2n) is 3.56. The summed E-state index contributed by atoms with van der Waals surface area (Å²) in [6, 6.07) is 4.43. The topological polar surface area (TPSA) is 97.0 Å². The van der Waals surface area contributed by atoms with Gasteiger partial charge in [0, 0.05) is 0 Å². The Hall–Kier alpha value is -1.51. The third-order valence-corrected chi connectivity index (χ3v) is 4.45. The molecule has 0 amide bonds. The van der Waals surface area contributed by atoms with Gasteiger partial charge < -0.3 is 4.74 Å². The predicted molar refractivity (Wildman–Crippen MR) is 74.8 cm³/mol. The molecule has 108 valence electrons. The number of nitrogens with one attached hydrogen (secondary N) is 2. The summed E-state index contributed by atoms with van der Waals surface area (Å²) in [5.41, 5.74) is 0. The van der Waals surface area contributed by atoms with Gasteiger partial charge in [-0.15, -0.1) is 5.10 Å². The van der Waals surface area contributed by atoms with Crippen molar-refractivity contribution in [2.45, 2.75) is 11.8 Å². The zero-order chi connectivity index (χ0) is 14.8. The lowest BCUT2D eigenvalue weighted by molar-refractivity contribution is 0.314. The fourth-order valence-electron chi connectivity index (χ4n) is 1.40. The number of sulfonamides is 1. The maximum atomic E-state index is 12.2. The van der Waals surface area contributed by atoms with Gasteiger partial charge in [0.1, 0.15) is 4.90 Å². The number of aromatic amines is 1. The Morgan fingerprint density at radius 2 is 2.00 bits per heavy atom. The lowest BCUT2D eigenvalue weighted by atomic mass is 10.4. The average Bonchev–Trinajstić information content (AvgIpc) is 2.75. The SMILES string of the molecule is CCOc1n[nH]c(NS(=O)(=O)c2c(Cl)cccc2Cl)n1. The fourth-order valence-corrected chi connectivity index (χ4v) is 3.51. The molecular weight excluding hydrogens is 327 g/mol. The van der Waals surface area contributed by atoms with E-state index in [0.29, 0.717) is 6.61 Å². The first kappa shape index (κ1) is 14.9. The van der Waals surface area contributed by atoms with E-state index in [-0.39, 0.29) is 26.9 Å². The minimum absolute atomic E-state index is 0.00884. The molecule has 0 saturated carbocycles. The molecule has 10 heteroatoms. The van der Waals surface area contributed by atoms with E-state index >= 15 is 0 Å². The van der Waals surface area contributed by atoms with Gasteiger partial charge in [-0.1, -0.05) is 29.3 Å². The van der Waals surface area contributed by atoms with Crippen LogP contribution in [0.4, 0.5) is 5.95 Å². The number of rotatable bonds is 5. The van der Waals surface area contributed by atoms with Crippen LogP contribution in [0, 0.1) is 0 Å². The molecule has 1 heterocycles. The Kier molecular flexibility index (Phi) is 4.36. The monoisotopic (exact) mass is 336 g/mol. The minimum Gasteiger partial charge on any atom is -0.463 e. The van der Waals surface area contributed by atoms with Crippen LogP contribution in [-0.2, 0) is 10.0 Å². The molecule has 0 spiro atoms. The van der Waals surface area contributed by atoms with Gasteiger partial charge in [-0.2, -0.15) is 4.98 Å². The maximum absolute atomic E-state index is 12.2. The predicted octanol–water partition coefficient (Wildman–Crippen LogP) is 2.31. The van der Waals surface area contributed by atoms with E-state index in [0.717, 1.165) is 0 Å². The number of anilines is 1. The first-order valence-electron chi connectivity index (χ1n) is 5.46. The van der Waals surface area contributed by atoms with Crippen LogP contribution >= 0.6 is 23.2 Å². The highest BCUT2D eigenvalue weighted by Crippen LogP contribution is 2.30. The van der Waals surface area contributed by atoms with E-state index in [2.05, 4.69) is 19.9 Å². The largest absolute Gasteiger partial charge is 0.463 e. The average molecular weight is 337 g/mol. The number of hydrogen-bond acceptors (Lipinski definition) is 5. The van der Waals surface area contributed by atoms with Gasteiger partial charge in [-0.3, -0.25) is 0 Å². The van der Waals surface area contributed by atoms with Crippen LogP contribution in [0.2, 0.25) is 10.0 Å². The molecule has 0 aliphatic heterocycles. The summed E-state index contributed by atoms with van der Waals surface area (Å²) < 4.78 is 31.6. The van der Waals surface area contributed by atoms with Gasteiger partial charge in [0.25, 0.3) is 10.0 Å². The third-order valence-electron chi connectivity index (χ3n) is 2.16. The fraction of sp³-hybridized carbons (Fsp3) is 0.200. The zero-order valence-electron chi connectivity index (χ0n) is 10.2. The molecule has 2 aromatic rings. The van der Waals surface area contributed by atoms with Crippen LogP contribution in [-0.4, -0.2) is 30.2 Å². The van der Waals surface area contributed by atoms with E-state index in [9.17, 15) is 8.42 Å². The molecule has 0 aliphatic carbocycles. The van der Waals surface area contributed by atoms with Crippen LogP contribution in [0.1, 0.15) is 6.92 Å². The van der Waals surface area contributed by atoms with E-state index in [4.69, 9.17) is 27.9 Å². The third kappa shape index (κ3) is 3.14. The van der Waals surface area contributed by atoms with Gasteiger partial charge >= 0.3 is 6.01 Å². The molecule has 2 rings (SSSR count). The zero-order valence-corrected chi connectivity index (χ0v) is 12.6. The number of hydrogen-bond donors (Lipinski definition) is 2. The second kappa shape index (κ2) is 5.86. The van der Waals surface area contributed by atoms with Crippen LogP contribution in [0.3, 0.4) is 0 Å². The Morgan fingerprint density at radius 1 is 1.35 bits per heavy atom. The van der Waals surface area contributed by atoms with Crippen molar-refractivity contribution in [1.29, 1.82) is 0 Å². The van der Waals surface area contributed by atoms with Crippen molar-refractivity contribution in [2.24, 2.45) is 0 Å². The Morgan fingerprint density at radius 3 is 2.60 bits per heavy atom. The molecule has 2 N–H and O–H groups in total. The number of aromatic nitrogens is 3. The van der Waals surface area contributed by atoms with Crippen molar-refractivity contribution in [2.75, 3.05) is 11.3 Å². The summed E-state index contributed by atoms with van der Waals surface area (Å²) in [5, 5.41) is 6.09. The molecule has 0 aliphatic rings. The summed E-state index contributed by atoms with van der Waals surface area (Å²) >= 11 is 11.7. The molecule has 0 bridgehead atoms. The molecule has 20 heavy (non-hydrogen) atoms. The number of benzene rings is 1. The summed E-state index contributed by atoms with van der Waals surface area (Å²) in [7, 11) is -3.98. The first-order valence-corrected chi connectivity index (χ1v) is 7.70. The van der Waals surface area contributed by atoms with E-state index < -0.39 is 10.0 Å². The summed E-state index contributed by atoms with van der Waals surface area (Å²) in [4.78, 5) is 3.58. The van der Waals surface area contributed by atoms with Crippen molar-refractivity contribution in [3.63, 3.8) is 0 Å². The standard InChI is InChI=1S/C10H10Cl2N4O3S/c1-2-19-10-13-9(14-15-10)16-20(17,18)8-6(11)4-3-5-7(8)12/h3-5H,2H2,1H3,(H2,13,14,15,16). The van der Waals surface area contributed by atoms with Gasteiger partial charge in [-0.05, 0) is 19.1 Å². The number of ether oxygens (including phenoxy) is 1. The Balaban J connectivity index is 2.31. The molecule has 0 unspecified atom stereocenters. The smallest absolute Gasteiger partial charge is 0.337 e. The van der Waals surface area contributed by atoms with E-state index in [1.165, 1.54) is 12.1 Å². The number of nitrogens with zero attached hydrogens (tertiary/aromatic N) is 2. The first-order chi connectivity index (χ1) is 9.44. The maximum Gasteiger partial charge on any atom is 0.337 e. The lowest BCUT2D eigenvalue weighted by Gasteiger charge is -2.08. The normalized spacial score (nSPS) is 11.3. The van der Waals surface area contributed by atoms with Crippen LogP contribution in [0.25, 0.3) is 0 Å². The highest BCUT2D eigenvalue weighted by atomic mass is 35.5. The molecule has 0 saturated heterocycles. The molecule has 0 radical (unpaired) electrons. The quantitative estimate of drug-likeness (QED) is 0.873. The van der Waals surface area contributed by atoms with Crippen LogP contribution in [0.15, 0.2) is 23.1 Å². The summed E-state index contributed by atoms with van der Waals surface area (Å²) in [6.07, 6.45) is 0. The molecule has 1 aromatic heterocycles. The minimum atomic E-state index is -3.98. The van der Waals surface area contributed by atoms with Crippen molar-refractivity contribution in [1.82, 2.24) is 15.2 Å². The van der Waals surface area contributed by atoms with Crippen LogP contribution < -0.4 is 9.46 Å². The second-order valence-corrected chi connectivity index (χ2v) is 5.99. The van der Waals surface area contributed by atoms with Crippen molar-refractivity contribution >= 4 is 39.2 Å². The van der Waals surface area contributed by atoms with Gasteiger partial charge in [0.15, 0.2) is 0 Å². The van der Waals surface area contributed by atoms with Crippen molar-refractivity contribution in [3.05, 3.63) is 28.2 Å². The van der Waals surface area contributed by atoms with Crippen molar-refractivity contribution < 1.29 is 13.2 Å². The molecular formula is C10H10Cl2N4O3S. The molecule has 0 atom stereocenters. The summed E-state index contributed by atoms with van der Waals surface area (Å²) in [6.45, 7) is 2.12. The number of H-pyrrole nitrogens is 1. The van der Waals surface area contributed by atoms with Gasteiger partial charge in [0.05, 0.1) is 16.7 Å². The van der Waals surface area contributed by atoms with E-state index in [1.807, 2.05) is 0 Å². The van der Waals surface area contributed by atoms with E-state index in [1.54, 1.807) is 13.0 Å². The highest BCUT2D eigenvalue weighted by Gasteiger charge is 2.23.